The Morgan fingerprint density at radius 1 is 1.40 bits per heavy atom. The first kappa shape index (κ1) is 14.3. The van der Waals surface area contributed by atoms with Crippen LogP contribution in [-0.4, -0.2) is 27.4 Å². The van der Waals surface area contributed by atoms with Gasteiger partial charge in [0.05, 0.1) is 4.92 Å². The summed E-state index contributed by atoms with van der Waals surface area (Å²) < 4.78 is 0. The number of carbonyl (C=O) groups is 2. The van der Waals surface area contributed by atoms with E-state index >= 15 is 0 Å². The van der Waals surface area contributed by atoms with E-state index in [9.17, 15) is 19.7 Å². The molecule has 7 nitrogen and oxygen atoms in total. The zero-order chi connectivity index (χ0) is 14.9. The highest BCUT2D eigenvalue weighted by Crippen LogP contribution is 2.33. The monoisotopic (exact) mass is 298 g/mol. The van der Waals surface area contributed by atoms with Crippen LogP contribution in [0.1, 0.15) is 29.6 Å². The minimum absolute atomic E-state index is 0.00799. The zero-order valence-corrected chi connectivity index (χ0v) is 11.0. The van der Waals surface area contributed by atoms with Gasteiger partial charge >= 0.3 is 5.97 Å². The normalized spacial score (nSPS) is 16.1. The van der Waals surface area contributed by atoms with Gasteiger partial charge in [-0.05, 0) is 31.4 Å². The smallest absolute Gasteiger partial charge is 0.329 e. The summed E-state index contributed by atoms with van der Waals surface area (Å²) in [7, 11) is 0. The van der Waals surface area contributed by atoms with Crippen molar-refractivity contribution >= 4 is 29.2 Å². The number of nitrogens with zero attached hydrogens (tertiary/aromatic N) is 1. The maximum Gasteiger partial charge on any atom is 0.329 e. The number of halogens is 1. The molecule has 1 fully saturated rings. The van der Waals surface area contributed by atoms with E-state index in [1.807, 2.05) is 0 Å². The van der Waals surface area contributed by atoms with Crippen molar-refractivity contribution in [1.82, 2.24) is 5.32 Å². The van der Waals surface area contributed by atoms with Crippen molar-refractivity contribution in [3.8, 4) is 0 Å². The van der Waals surface area contributed by atoms with E-state index in [2.05, 4.69) is 5.32 Å². The molecule has 0 aromatic heterocycles. The molecule has 20 heavy (non-hydrogen) atoms. The van der Waals surface area contributed by atoms with Crippen LogP contribution < -0.4 is 5.32 Å². The third kappa shape index (κ3) is 2.44. The fourth-order valence-corrected chi connectivity index (χ4v) is 2.19. The standard InChI is InChI=1S/C12H11ClN2O5/c13-8-3-2-7(6-9(8)15(19)20)10(16)14-12(11(17)18)4-1-5-12/h2-3,6H,1,4-5H2,(H,14,16)(H,17,18). The van der Waals surface area contributed by atoms with Crippen LogP contribution in [0.25, 0.3) is 0 Å². The van der Waals surface area contributed by atoms with Crippen LogP contribution in [-0.2, 0) is 4.79 Å². The van der Waals surface area contributed by atoms with Gasteiger partial charge in [-0.25, -0.2) is 4.79 Å². The van der Waals surface area contributed by atoms with E-state index < -0.39 is 28.0 Å². The third-order valence-electron chi connectivity index (χ3n) is 3.37. The molecule has 0 atom stereocenters. The molecule has 1 amide bonds. The van der Waals surface area contributed by atoms with Gasteiger partial charge in [0.2, 0.25) is 0 Å². The van der Waals surface area contributed by atoms with Crippen molar-refractivity contribution in [2.24, 2.45) is 0 Å². The topological polar surface area (TPSA) is 110 Å². The number of amides is 1. The molecule has 0 heterocycles. The minimum Gasteiger partial charge on any atom is -0.480 e. The molecule has 0 bridgehead atoms. The number of hydrogen-bond donors (Lipinski definition) is 2. The SMILES string of the molecule is O=C(NC1(C(=O)O)CCC1)c1ccc(Cl)c([N+](=O)[O-])c1. The minimum atomic E-state index is -1.26. The number of nitro groups is 1. The summed E-state index contributed by atoms with van der Waals surface area (Å²) >= 11 is 5.65. The van der Waals surface area contributed by atoms with E-state index in [1.54, 1.807) is 0 Å². The number of carboxylic acid groups (broad SMARTS) is 1. The maximum atomic E-state index is 12.0. The third-order valence-corrected chi connectivity index (χ3v) is 3.69. The Bertz CT molecular complexity index is 598. The van der Waals surface area contributed by atoms with Crippen LogP contribution >= 0.6 is 11.6 Å². The van der Waals surface area contributed by atoms with E-state index in [0.717, 1.165) is 6.07 Å². The first-order valence-corrected chi connectivity index (χ1v) is 6.23. The highest BCUT2D eigenvalue weighted by Gasteiger charge is 2.45. The zero-order valence-electron chi connectivity index (χ0n) is 10.3. The summed E-state index contributed by atoms with van der Waals surface area (Å²) in [6.07, 6.45) is 1.42. The van der Waals surface area contributed by atoms with Gasteiger partial charge < -0.3 is 10.4 Å². The first-order valence-electron chi connectivity index (χ1n) is 5.85. The lowest BCUT2D eigenvalue weighted by molar-refractivity contribution is -0.384. The van der Waals surface area contributed by atoms with E-state index in [4.69, 9.17) is 16.7 Å². The number of benzene rings is 1. The molecule has 1 aromatic rings. The summed E-state index contributed by atoms with van der Waals surface area (Å²) in [5.74, 6) is -1.76. The lowest BCUT2D eigenvalue weighted by Gasteiger charge is -2.38. The van der Waals surface area contributed by atoms with Crippen LogP contribution in [0, 0.1) is 10.1 Å². The molecule has 2 rings (SSSR count). The number of nitro benzene ring substituents is 1. The number of rotatable bonds is 4. The molecule has 1 aromatic carbocycles. The second-order valence-electron chi connectivity index (χ2n) is 4.62. The summed E-state index contributed by atoms with van der Waals surface area (Å²) in [5.41, 5.74) is -1.64. The van der Waals surface area contributed by atoms with Crippen molar-refractivity contribution in [1.29, 1.82) is 0 Å². The fourth-order valence-electron chi connectivity index (χ4n) is 2.01. The van der Waals surface area contributed by atoms with Crippen molar-refractivity contribution in [2.45, 2.75) is 24.8 Å². The molecule has 106 valence electrons. The van der Waals surface area contributed by atoms with Gasteiger partial charge in [0.1, 0.15) is 10.6 Å². The van der Waals surface area contributed by atoms with Crippen LogP contribution in [0.5, 0.6) is 0 Å². The predicted octanol–water partition coefficient (Wildman–Crippen LogP) is 1.99. The van der Waals surface area contributed by atoms with E-state index in [0.29, 0.717) is 19.3 Å². The lowest BCUT2D eigenvalue weighted by Crippen LogP contribution is -2.59. The molecular formula is C12H11ClN2O5. The summed E-state index contributed by atoms with van der Waals surface area (Å²) in [6.45, 7) is 0. The van der Waals surface area contributed by atoms with Crippen molar-refractivity contribution in [3.63, 3.8) is 0 Å². The van der Waals surface area contributed by atoms with E-state index in [1.165, 1.54) is 12.1 Å². The van der Waals surface area contributed by atoms with Crippen molar-refractivity contribution in [2.75, 3.05) is 0 Å². The van der Waals surface area contributed by atoms with Gasteiger partial charge in [-0.15, -0.1) is 0 Å². The average Bonchev–Trinajstić information content (AvgIpc) is 2.33. The molecule has 0 spiro atoms. The van der Waals surface area contributed by atoms with Crippen LogP contribution in [0.3, 0.4) is 0 Å². The second kappa shape index (κ2) is 5.09. The quantitative estimate of drug-likeness (QED) is 0.652. The first-order chi connectivity index (χ1) is 9.35. The number of nitrogens with one attached hydrogen (secondary N) is 1. The molecule has 0 saturated heterocycles. The molecule has 0 aliphatic heterocycles. The van der Waals surface area contributed by atoms with Gasteiger partial charge in [0.15, 0.2) is 0 Å². The van der Waals surface area contributed by atoms with Gasteiger partial charge in [-0.1, -0.05) is 11.6 Å². The van der Waals surface area contributed by atoms with Crippen LogP contribution in [0.4, 0.5) is 5.69 Å². The maximum absolute atomic E-state index is 12.0. The lowest BCUT2D eigenvalue weighted by atomic mass is 9.76. The molecule has 0 unspecified atom stereocenters. The Morgan fingerprint density at radius 2 is 2.05 bits per heavy atom. The highest BCUT2D eigenvalue weighted by molar-refractivity contribution is 6.32. The van der Waals surface area contributed by atoms with Crippen molar-refractivity contribution < 1.29 is 19.6 Å². The van der Waals surface area contributed by atoms with Crippen molar-refractivity contribution in [3.05, 3.63) is 38.9 Å². The largest absolute Gasteiger partial charge is 0.480 e. The van der Waals surface area contributed by atoms with Crippen LogP contribution in [0.2, 0.25) is 5.02 Å². The van der Waals surface area contributed by atoms with Gasteiger partial charge in [0, 0.05) is 11.6 Å². The molecule has 1 aliphatic rings. The van der Waals surface area contributed by atoms with Crippen LogP contribution in [0.15, 0.2) is 18.2 Å². The predicted molar refractivity (Wildman–Crippen MR) is 69.8 cm³/mol. The molecule has 1 aliphatic carbocycles. The Balaban J connectivity index is 2.24. The number of carbonyl (C=O) groups excluding carboxylic acids is 1. The summed E-state index contributed by atoms with van der Waals surface area (Å²) in [5, 5.41) is 22.2. The molecule has 0 radical (unpaired) electrons. The Kier molecular flexibility index (Phi) is 3.63. The number of carboxylic acids is 1. The van der Waals surface area contributed by atoms with Gasteiger partial charge in [-0.3, -0.25) is 14.9 Å². The Labute approximate surface area is 118 Å². The molecule has 8 heteroatoms. The Morgan fingerprint density at radius 3 is 2.50 bits per heavy atom. The number of hydrogen-bond acceptors (Lipinski definition) is 4. The summed E-state index contributed by atoms with van der Waals surface area (Å²) in [4.78, 5) is 33.2. The molecule has 2 N–H and O–H groups in total. The van der Waals surface area contributed by atoms with Gasteiger partial charge in [-0.2, -0.15) is 0 Å². The highest BCUT2D eigenvalue weighted by atomic mass is 35.5. The molecule has 1 saturated carbocycles. The Hall–Kier alpha value is -2.15. The number of aliphatic carboxylic acids is 1. The molecular weight excluding hydrogens is 288 g/mol. The van der Waals surface area contributed by atoms with E-state index in [-0.39, 0.29) is 10.6 Å². The van der Waals surface area contributed by atoms with Gasteiger partial charge in [0.25, 0.3) is 11.6 Å². The average molecular weight is 299 g/mol. The second-order valence-corrected chi connectivity index (χ2v) is 5.03. The fraction of sp³-hybridized carbons (Fsp3) is 0.333. The summed E-state index contributed by atoms with van der Waals surface area (Å²) in [6, 6.07) is 3.59.